The molecule has 3 rings (SSSR count). The highest BCUT2D eigenvalue weighted by Crippen LogP contribution is 2.31. The van der Waals surface area contributed by atoms with Crippen LogP contribution in [0, 0.1) is 5.82 Å². The van der Waals surface area contributed by atoms with Crippen molar-refractivity contribution in [3.63, 3.8) is 0 Å². The van der Waals surface area contributed by atoms with Gasteiger partial charge in [0.05, 0.1) is 11.7 Å². The smallest absolute Gasteiger partial charge is 0.133 e. The Morgan fingerprint density at radius 1 is 1.44 bits per heavy atom. The minimum Gasteiger partial charge on any atom is -0.308 e. The third kappa shape index (κ3) is 2.35. The summed E-state index contributed by atoms with van der Waals surface area (Å²) in [4.78, 5) is 4.55. The molecule has 0 radical (unpaired) electrons. The van der Waals surface area contributed by atoms with E-state index in [1.807, 2.05) is 11.4 Å². The van der Waals surface area contributed by atoms with E-state index in [-0.39, 0.29) is 5.82 Å². The molecule has 0 amide bonds. The molecule has 94 valence electrons. The van der Waals surface area contributed by atoms with Gasteiger partial charge in [0.1, 0.15) is 10.8 Å². The summed E-state index contributed by atoms with van der Waals surface area (Å²) >= 11 is 4.86. The van der Waals surface area contributed by atoms with Crippen molar-refractivity contribution in [3.8, 4) is 11.3 Å². The van der Waals surface area contributed by atoms with Crippen LogP contribution in [0.1, 0.15) is 23.9 Å². The molecule has 1 unspecified atom stereocenters. The second-order valence-electron chi connectivity index (χ2n) is 4.34. The molecule has 1 aliphatic heterocycles. The van der Waals surface area contributed by atoms with Gasteiger partial charge in [-0.1, -0.05) is 15.9 Å². The molecule has 0 spiro atoms. The zero-order valence-corrected chi connectivity index (χ0v) is 12.0. The Hall–Kier alpha value is -0.780. The number of nitrogens with zero attached hydrogens (tertiary/aromatic N) is 1. The summed E-state index contributed by atoms with van der Waals surface area (Å²) in [5.74, 6) is -0.236. The average Bonchev–Trinajstić information content (AvgIpc) is 2.99. The van der Waals surface area contributed by atoms with E-state index in [1.165, 1.54) is 12.5 Å². The average molecular weight is 327 g/mol. The summed E-state index contributed by atoms with van der Waals surface area (Å²) in [6, 6.07) is 5.43. The number of rotatable bonds is 2. The first kappa shape index (κ1) is 12.3. The lowest BCUT2D eigenvalue weighted by atomic mass is 10.1. The van der Waals surface area contributed by atoms with E-state index in [1.54, 1.807) is 17.4 Å². The molecule has 18 heavy (non-hydrogen) atoms. The van der Waals surface area contributed by atoms with E-state index in [0.29, 0.717) is 11.6 Å². The van der Waals surface area contributed by atoms with Gasteiger partial charge in [0.15, 0.2) is 0 Å². The zero-order valence-electron chi connectivity index (χ0n) is 9.62. The quantitative estimate of drug-likeness (QED) is 0.897. The van der Waals surface area contributed by atoms with Crippen molar-refractivity contribution >= 4 is 27.3 Å². The molecule has 1 atom stereocenters. The Labute approximate surface area is 117 Å². The molecule has 0 bridgehead atoms. The molecule has 1 aromatic carbocycles. The van der Waals surface area contributed by atoms with Crippen LogP contribution >= 0.6 is 27.3 Å². The molecular weight excluding hydrogens is 315 g/mol. The SMILES string of the molecule is Fc1cc(Br)ccc1-c1csc(C2CCCN2)n1. The fourth-order valence-electron chi connectivity index (χ4n) is 2.16. The summed E-state index contributed by atoms with van der Waals surface area (Å²) < 4.78 is 14.6. The number of aromatic nitrogens is 1. The molecular formula is C13H12BrFN2S. The number of benzene rings is 1. The Morgan fingerprint density at radius 3 is 3.06 bits per heavy atom. The van der Waals surface area contributed by atoms with Gasteiger partial charge in [-0.05, 0) is 37.6 Å². The molecule has 2 heterocycles. The highest BCUT2D eigenvalue weighted by atomic mass is 79.9. The highest BCUT2D eigenvalue weighted by Gasteiger charge is 2.20. The van der Waals surface area contributed by atoms with Crippen molar-refractivity contribution in [2.24, 2.45) is 0 Å². The molecule has 1 aromatic heterocycles. The first-order chi connectivity index (χ1) is 8.74. The number of halogens is 2. The summed E-state index contributed by atoms with van der Waals surface area (Å²) in [5, 5.41) is 6.40. The number of thiazole rings is 1. The van der Waals surface area contributed by atoms with Crippen LogP contribution in [0.3, 0.4) is 0 Å². The van der Waals surface area contributed by atoms with Gasteiger partial charge in [0.2, 0.25) is 0 Å². The maximum Gasteiger partial charge on any atom is 0.133 e. The Bertz CT molecular complexity index is 564. The van der Waals surface area contributed by atoms with Crippen LogP contribution in [0.5, 0.6) is 0 Å². The van der Waals surface area contributed by atoms with Crippen molar-refractivity contribution < 1.29 is 4.39 Å². The first-order valence-corrected chi connectivity index (χ1v) is 7.55. The van der Waals surface area contributed by atoms with Crippen molar-refractivity contribution in [2.45, 2.75) is 18.9 Å². The van der Waals surface area contributed by atoms with Crippen molar-refractivity contribution in [1.29, 1.82) is 0 Å². The molecule has 2 aromatic rings. The molecule has 2 nitrogen and oxygen atoms in total. The Balaban J connectivity index is 1.92. The summed E-state index contributed by atoms with van der Waals surface area (Å²) in [7, 11) is 0. The summed E-state index contributed by atoms with van der Waals surface area (Å²) in [6.45, 7) is 1.05. The molecule has 1 N–H and O–H groups in total. The third-order valence-corrected chi connectivity index (χ3v) is 4.54. The second kappa shape index (κ2) is 5.07. The molecule has 0 saturated carbocycles. The standard InChI is InChI=1S/C13H12BrFN2S/c14-8-3-4-9(10(15)6-8)12-7-18-13(17-12)11-2-1-5-16-11/h3-4,6-7,11,16H,1-2,5H2. The van der Waals surface area contributed by atoms with Gasteiger partial charge >= 0.3 is 0 Å². The van der Waals surface area contributed by atoms with Crippen LogP contribution in [0.2, 0.25) is 0 Å². The van der Waals surface area contributed by atoms with Crippen LogP contribution in [-0.4, -0.2) is 11.5 Å². The van der Waals surface area contributed by atoms with Gasteiger partial charge in [-0.3, -0.25) is 0 Å². The van der Waals surface area contributed by atoms with Gasteiger partial charge in [-0.2, -0.15) is 0 Å². The van der Waals surface area contributed by atoms with Crippen molar-refractivity contribution in [1.82, 2.24) is 10.3 Å². The van der Waals surface area contributed by atoms with Gasteiger partial charge in [-0.15, -0.1) is 11.3 Å². The monoisotopic (exact) mass is 326 g/mol. The lowest BCUT2D eigenvalue weighted by molar-refractivity contribution is 0.628. The predicted octanol–water partition coefficient (Wildman–Crippen LogP) is 4.14. The Morgan fingerprint density at radius 2 is 2.33 bits per heavy atom. The van der Waals surface area contributed by atoms with Crippen LogP contribution in [0.4, 0.5) is 4.39 Å². The highest BCUT2D eigenvalue weighted by molar-refractivity contribution is 9.10. The number of hydrogen-bond acceptors (Lipinski definition) is 3. The van der Waals surface area contributed by atoms with E-state index in [0.717, 1.165) is 28.1 Å². The lowest BCUT2D eigenvalue weighted by Crippen LogP contribution is -2.12. The van der Waals surface area contributed by atoms with Gasteiger partial charge in [-0.25, -0.2) is 9.37 Å². The maximum atomic E-state index is 13.8. The van der Waals surface area contributed by atoms with Crippen LogP contribution in [0.25, 0.3) is 11.3 Å². The first-order valence-electron chi connectivity index (χ1n) is 5.88. The fourth-order valence-corrected chi connectivity index (χ4v) is 3.43. The van der Waals surface area contributed by atoms with Crippen molar-refractivity contribution in [2.75, 3.05) is 6.54 Å². The van der Waals surface area contributed by atoms with E-state index in [2.05, 4.69) is 26.2 Å². The van der Waals surface area contributed by atoms with Crippen LogP contribution < -0.4 is 5.32 Å². The molecule has 1 fully saturated rings. The van der Waals surface area contributed by atoms with Gasteiger partial charge in [0.25, 0.3) is 0 Å². The second-order valence-corrected chi connectivity index (χ2v) is 6.15. The predicted molar refractivity (Wildman–Crippen MR) is 75.2 cm³/mol. The third-order valence-electron chi connectivity index (χ3n) is 3.09. The lowest BCUT2D eigenvalue weighted by Gasteiger charge is -2.05. The largest absolute Gasteiger partial charge is 0.308 e. The van der Waals surface area contributed by atoms with Crippen LogP contribution in [-0.2, 0) is 0 Å². The Kier molecular flexibility index (Phi) is 3.46. The fraction of sp³-hybridized carbons (Fsp3) is 0.308. The number of nitrogens with one attached hydrogen (secondary N) is 1. The van der Waals surface area contributed by atoms with Crippen LogP contribution in [0.15, 0.2) is 28.1 Å². The summed E-state index contributed by atoms with van der Waals surface area (Å²) in [6.07, 6.45) is 2.31. The maximum absolute atomic E-state index is 13.8. The zero-order chi connectivity index (χ0) is 12.5. The molecule has 1 aliphatic rings. The topological polar surface area (TPSA) is 24.9 Å². The number of hydrogen-bond donors (Lipinski definition) is 1. The van der Waals surface area contributed by atoms with Crippen molar-refractivity contribution in [3.05, 3.63) is 38.9 Å². The molecule has 0 aliphatic carbocycles. The minimum atomic E-state index is -0.236. The van der Waals surface area contributed by atoms with E-state index < -0.39 is 0 Å². The van der Waals surface area contributed by atoms with Gasteiger partial charge in [0, 0.05) is 15.4 Å². The minimum absolute atomic E-state index is 0.236. The summed E-state index contributed by atoms with van der Waals surface area (Å²) in [5.41, 5.74) is 1.30. The van der Waals surface area contributed by atoms with E-state index in [9.17, 15) is 4.39 Å². The van der Waals surface area contributed by atoms with E-state index in [4.69, 9.17) is 0 Å². The molecule has 1 saturated heterocycles. The van der Waals surface area contributed by atoms with E-state index >= 15 is 0 Å². The normalized spacial score (nSPS) is 19.3. The van der Waals surface area contributed by atoms with Gasteiger partial charge < -0.3 is 5.32 Å². The molecule has 5 heteroatoms.